The maximum Gasteiger partial charge on any atom is 0.261 e. The Kier molecular flexibility index (Phi) is 7.96. The molecule has 1 aromatic carbocycles. The molecule has 1 aliphatic rings. The van der Waals surface area contributed by atoms with Crippen molar-refractivity contribution in [3.63, 3.8) is 0 Å². The maximum absolute atomic E-state index is 12.2. The number of carbonyl (C=O) groups is 2. The van der Waals surface area contributed by atoms with Gasteiger partial charge < -0.3 is 4.74 Å². The van der Waals surface area contributed by atoms with Crippen molar-refractivity contribution in [2.45, 2.75) is 57.8 Å². The first kappa shape index (κ1) is 18.7. The monoisotopic (exact) mass is 331 g/mol. The van der Waals surface area contributed by atoms with Gasteiger partial charge in [-0.25, -0.2) is 0 Å². The number of methoxy groups -OCH3 is 1. The fourth-order valence-corrected chi connectivity index (χ4v) is 3.20. The van der Waals surface area contributed by atoms with Gasteiger partial charge in [0, 0.05) is 20.3 Å². The molecule has 0 atom stereocenters. The molecule has 0 N–H and O–H groups in total. The summed E-state index contributed by atoms with van der Waals surface area (Å²) in [4.78, 5) is 25.8. The number of imide groups is 1. The molecule has 2 rings (SSSR count). The molecule has 132 valence electrons. The summed E-state index contributed by atoms with van der Waals surface area (Å²) in [6.45, 7) is 1.42. The van der Waals surface area contributed by atoms with Crippen LogP contribution in [-0.2, 0) is 4.74 Å². The van der Waals surface area contributed by atoms with Gasteiger partial charge >= 0.3 is 0 Å². The summed E-state index contributed by atoms with van der Waals surface area (Å²) in [5.74, 6) is -0.265. The van der Waals surface area contributed by atoms with E-state index in [0.29, 0.717) is 17.7 Å². The molecule has 0 saturated heterocycles. The predicted octanol–water partition coefficient (Wildman–Crippen LogP) is 4.44. The number of fused-ring (bicyclic) bond motifs is 1. The molecule has 4 nitrogen and oxygen atoms in total. The lowest BCUT2D eigenvalue weighted by molar-refractivity contribution is 0.0651. The topological polar surface area (TPSA) is 46.6 Å². The van der Waals surface area contributed by atoms with Gasteiger partial charge in [0.15, 0.2) is 0 Å². The summed E-state index contributed by atoms with van der Waals surface area (Å²) >= 11 is 0. The van der Waals surface area contributed by atoms with Crippen molar-refractivity contribution in [3.8, 4) is 0 Å². The molecule has 0 fully saturated rings. The van der Waals surface area contributed by atoms with Crippen LogP contribution < -0.4 is 0 Å². The Balaban J connectivity index is 1.53. The number of carbonyl (C=O) groups excluding carboxylic acids is 2. The molecule has 0 aromatic heterocycles. The van der Waals surface area contributed by atoms with Crippen LogP contribution in [0.5, 0.6) is 0 Å². The van der Waals surface area contributed by atoms with Crippen LogP contribution >= 0.6 is 0 Å². The second-order valence-electron chi connectivity index (χ2n) is 6.48. The van der Waals surface area contributed by atoms with Gasteiger partial charge in [0.05, 0.1) is 11.1 Å². The van der Waals surface area contributed by atoms with Gasteiger partial charge in [-0.2, -0.15) is 0 Å². The van der Waals surface area contributed by atoms with E-state index in [1.54, 1.807) is 19.2 Å². The molecule has 1 aromatic rings. The van der Waals surface area contributed by atoms with Crippen molar-refractivity contribution in [1.82, 2.24) is 4.90 Å². The number of amides is 2. The molecular weight excluding hydrogens is 302 g/mol. The number of benzene rings is 1. The number of ether oxygens (including phenoxy) is 1. The number of rotatable bonds is 12. The van der Waals surface area contributed by atoms with Crippen molar-refractivity contribution in [1.29, 1.82) is 0 Å². The molecule has 0 bridgehead atoms. The zero-order valence-corrected chi connectivity index (χ0v) is 14.8. The summed E-state index contributed by atoms with van der Waals surface area (Å²) < 4.78 is 5.04. The molecule has 2 amide bonds. The highest BCUT2D eigenvalue weighted by atomic mass is 16.5. The second-order valence-corrected chi connectivity index (χ2v) is 6.48. The minimum atomic E-state index is -0.133. The Morgan fingerprint density at radius 1 is 0.750 bits per heavy atom. The summed E-state index contributed by atoms with van der Waals surface area (Å²) in [5, 5.41) is 0. The highest BCUT2D eigenvalue weighted by molar-refractivity contribution is 6.21. The van der Waals surface area contributed by atoms with Crippen LogP contribution in [0, 0.1) is 0 Å². The molecule has 0 unspecified atom stereocenters. The van der Waals surface area contributed by atoms with E-state index in [9.17, 15) is 9.59 Å². The van der Waals surface area contributed by atoms with Crippen LogP contribution in [0.3, 0.4) is 0 Å². The standard InChI is InChI=1S/C20H29NO3/c1-24-16-12-8-6-4-2-3-5-7-11-15-21-19(22)17-13-9-10-14-18(17)20(21)23/h9-10,13-14H,2-8,11-12,15-16H2,1H3. The lowest BCUT2D eigenvalue weighted by atomic mass is 10.1. The molecule has 0 spiro atoms. The van der Waals surface area contributed by atoms with Gasteiger partial charge in [0.2, 0.25) is 0 Å². The van der Waals surface area contributed by atoms with Crippen LogP contribution in [0.4, 0.5) is 0 Å². The van der Waals surface area contributed by atoms with Crippen molar-refractivity contribution >= 4 is 11.8 Å². The van der Waals surface area contributed by atoms with E-state index in [2.05, 4.69) is 0 Å². The molecule has 1 aliphatic heterocycles. The lowest BCUT2D eigenvalue weighted by Crippen LogP contribution is -2.30. The van der Waals surface area contributed by atoms with Crippen molar-refractivity contribution < 1.29 is 14.3 Å². The first-order chi connectivity index (χ1) is 11.8. The Morgan fingerprint density at radius 3 is 1.71 bits per heavy atom. The van der Waals surface area contributed by atoms with Gasteiger partial charge in [-0.15, -0.1) is 0 Å². The van der Waals surface area contributed by atoms with Crippen molar-refractivity contribution in [3.05, 3.63) is 35.4 Å². The van der Waals surface area contributed by atoms with Gasteiger partial charge in [0.25, 0.3) is 11.8 Å². The van der Waals surface area contributed by atoms with E-state index in [1.165, 1.54) is 43.4 Å². The zero-order chi connectivity index (χ0) is 17.2. The Morgan fingerprint density at radius 2 is 1.21 bits per heavy atom. The Bertz CT molecular complexity index is 506. The third-order valence-electron chi connectivity index (χ3n) is 4.61. The Hall–Kier alpha value is -1.68. The Labute approximate surface area is 145 Å². The third-order valence-corrected chi connectivity index (χ3v) is 4.61. The van der Waals surface area contributed by atoms with E-state index in [4.69, 9.17) is 4.74 Å². The molecular formula is C20H29NO3. The van der Waals surface area contributed by atoms with Crippen molar-refractivity contribution in [2.75, 3.05) is 20.3 Å². The number of hydrogen-bond donors (Lipinski definition) is 0. The number of unbranched alkanes of at least 4 members (excludes halogenated alkanes) is 8. The number of hydrogen-bond acceptors (Lipinski definition) is 3. The summed E-state index contributed by atoms with van der Waals surface area (Å²) in [5.41, 5.74) is 1.10. The normalized spacial score (nSPS) is 13.6. The number of nitrogens with zero attached hydrogens (tertiary/aromatic N) is 1. The average molecular weight is 331 g/mol. The zero-order valence-electron chi connectivity index (χ0n) is 14.8. The van der Waals surface area contributed by atoms with E-state index in [1.807, 2.05) is 12.1 Å². The van der Waals surface area contributed by atoms with Gasteiger partial charge in [-0.3, -0.25) is 14.5 Å². The van der Waals surface area contributed by atoms with Crippen LogP contribution in [0.15, 0.2) is 24.3 Å². The molecule has 0 aliphatic carbocycles. The highest BCUT2D eigenvalue weighted by Crippen LogP contribution is 2.22. The molecule has 0 radical (unpaired) electrons. The molecule has 0 saturated carbocycles. The quantitative estimate of drug-likeness (QED) is 0.420. The van der Waals surface area contributed by atoms with Crippen LogP contribution in [0.1, 0.15) is 78.5 Å². The lowest BCUT2D eigenvalue weighted by Gasteiger charge is -2.13. The maximum atomic E-state index is 12.2. The van der Waals surface area contributed by atoms with Gasteiger partial charge in [-0.05, 0) is 25.0 Å². The molecule has 24 heavy (non-hydrogen) atoms. The summed E-state index contributed by atoms with van der Waals surface area (Å²) in [6, 6.07) is 7.09. The summed E-state index contributed by atoms with van der Waals surface area (Å²) in [7, 11) is 1.75. The van der Waals surface area contributed by atoms with Crippen LogP contribution in [0.2, 0.25) is 0 Å². The van der Waals surface area contributed by atoms with Gasteiger partial charge in [0.1, 0.15) is 0 Å². The van der Waals surface area contributed by atoms with Gasteiger partial charge in [-0.1, -0.05) is 57.1 Å². The van der Waals surface area contributed by atoms with Crippen molar-refractivity contribution in [2.24, 2.45) is 0 Å². The fourth-order valence-electron chi connectivity index (χ4n) is 3.20. The summed E-state index contributed by atoms with van der Waals surface area (Å²) in [6.07, 6.45) is 10.7. The first-order valence-electron chi connectivity index (χ1n) is 9.20. The minimum Gasteiger partial charge on any atom is -0.385 e. The van der Waals surface area contributed by atoms with E-state index >= 15 is 0 Å². The van der Waals surface area contributed by atoms with E-state index in [0.717, 1.165) is 25.9 Å². The largest absolute Gasteiger partial charge is 0.385 e. The highest BCUT2D eigenvalue weighted by Gasteiger charge is 2.34. The molecule has 4 heteroatoms. The SMILES string of the molecule is COCCCCCCCCCCCN1C(=O)c2ccccc2C1=O. The first-order valence-corrected chi connectivity index (χ1v) is 9.20. The third kappa shape index (κ3) is 5.17. The second kappa shape index (κ2) is 10.2. The smallest absolute Gasteiger partial charge is 0.261 e. The van der Waals surface area contributed by atoms with Crippen LogP contribution in [-0.4, -0.2) is 37.0 Å². The van der Waals surface area contributed by atoms with Crippen LogP contribution in [0.25, 0.3) is 0 Å². The van der Waals surface area contributed by atoms with E-state index in [-0.39, 0.29) is 11.8 Å². The predicted molar refractivity (Wildman–Crippen MR) is 95.2 cm³/mol. The van der Waals surface area contributed by atoms with E-state index < -0.39 is 0 Å². The minimum absolute atomic E-state index is 0.133. The fraction of sp³-hybridized carbons (Fsp3) is 0.600. The average Bonchev–Trinajstić information content (AvgIpc) is 2.84. The molecule has 1 heterocycles.